The Kier molecular flexibility index (Phi) is 4.74. The first-order valence-electron chi connectivity index (χ1n) is 7.64. The van der Waals surface area contributed by atoms with Crippen LogP contribution in [0.4, 0.5) is 0 Å². The molecule has 1 aromatic heterocycles. The van der Waals surface area contributed by atoms with Crippen molar-refractivity contribution in [1.82, 2.24) is 5.32 Å². The lowest BCUT2D eigenvalue weighted by atomic mass is 10.1. The standard InChI is InChI=1S/C19H19NO3/c1-14-2-6-17(7-3-14)22-11-10-20-13-15-4-8-18-16(12-15)5-9-19(21)23-18/h2-9,12,20H,10-11,13H2,1H3. The van der Waals surface area contributed by atoms with Crippen molar-refractivity contribution in [2.45, 2.75) is 13.5 Å². The van der Waals surface area contributed by atoms with E-state index in [0.717, 1.165) is 29.8 Å². The van der Waals surface area contributed by atoms with E-state index >= 15 is 0 Å². The van der Waals surface area contributed by atoms with Crippen LogP contribution in [0.25, 0.3) is 11.0 Å². The van der Waals surface area contributed by atoms with Gasteiger partial charge in [-0.25, -0.2) is 4.79 Å². The summed E-state index contributed by atoms with van der Waals surface area (Å²) in [5, 5.41) is 4.27. The van der Waals surface area contributed by atoms with Crippen molar-refractivity contribution in [1.29, 1.82) is 0 Å². The molecular formula is C19H19NO3. The van der Waals surface area contributed by atoms with Crippen LogP contribution in [0.15, 0.2) is 63.8 Å². The second kappa shape index (κ2) is 7.11. The summed E-state index contributed by atoms with van der Waals surface area (Å²) in [6.45, 7) is 4.17. The van der Waals surface area contributed by atoms with Crippen LogP contribution < -0.4 is 15.7 Å². The highest BCUT2D eigenvalue weighted by Crippen LogP contribution is 2.14. The van der Waals surface area contributed by atoms with Crippen LogP contribution in [0.5, 0.6) is 5.75 Å². The van der Waals surface area contributed by atoms with Crippen LogP contribution >= 0.6 is 0 Å². The molecule has 4 nitrogen and oxygen atoms in total. The smallest absolute Gasteiger partial charge is 0.336 e. The van der Waals surface area contributed by atoms with Crippen molar-refractivity contribution in [2.24, 2.45) is 0 Å². The summed E-state index contributed by atoms with van der Waals surface area (Å²) in [7, 11) is 0. The summed E-state index contributed by atoms with van der Waals surface area (Å²) in [6, 6.07) is 17.1. The molecule has 0 saturated heterocycles. The fraction of sp³-hybridized carbons (Fsp3) is 0.211. The Labute approximate surface area is 134 Å². The Hall–Kier alpha value is -2.59. The summed E-state index contributed by atoms with van der Waals surface area (Å²) in [4.78, 5) is 11.2. The van der Waals surface area contributed by atoms with Crippen molar-refractivity contribution in [3.8, 4) is 5.75 Å². The topological polar surface area (TPSA) is 51.5 Å². The van der Waals surface area contributed by atoms with Gasteiger partial charge in [0.05, 0.1) is 0 Å². The molecule has 0 radical (unpaired) electrons. The zero-order chi connectivity index (χ0) is 16.1. The summed E-state index contributed by atoms with van der Waals surface area (Å²) in [5.41, 5.74) is 2.66. The number of nitrogens with one attached hydrogen (secondary N) is 1. The lowest BCUT2D eigenvalue weighted by Crippen LogP contribution is -2.20. The molecule has 0 unspecified atom stereocenters. The molecule has 1 N–H and O–H groups in total. The molecule has 0 aliphatic carbocycles. The summed E-state index contributed by atoms with van der Waals surface area (Å²) in [6.07, 6.45) is 0. The quantitative estimate of drug-likeness (QED) is 0.561. The van der Waals surface area contributed by atoms with Gasteiger partial charge in [0, 0.05) is 24.5 Å². The predicted octanol–water partition coefficient (Wildman–Crippen LogP) is 3.27. The molecule has 118 valence electrons. The Morgan fingerprint density at radius 2 is 1.87 bits per heavy atom. The van der Waals surface area contributed by atoms with Crippen LogP contribution in [0.2, 0.25) is 0 Å². The SMILES string of the molecule is Cc1ccc(OCCNCc2ccc3oc(=O)ccc3c2)cc1. The van der Waals surface area contributed by atoms with E-state index in [1.165, 1.54) is 11.6 Å². The van der Waals surface area contributed by atoms with Crippen LogP contribution in [0.3, 0.4) is 0 Å². The van der Waals surface area contributed by atoms with Gasteiger partial charge in [-0.05, 0) is 42.8 Å². The number of fused-ring (bicyclic) bond motifs is 1. The largest absolute Gasteiger partial charge is 0.492 e. The fourth-order valence-electron chi connectivity index (χ4n) is 2.34. The number of hydrogen-bond donors (Lipinski definition) is 1. The first kappa shape index (κ1) is 15.3. The molecule has 3 rings (SSSR count). The average molecular weight is 309 g/mol. The lowest BCUT2D eigenvalue weighted by molar-refractivity contribution is 0.313. The molecule has 4 heteroatoms. The highest BCUT2D eigenvalue weighted by molar-refractivity contribution is 5.76. The molecule has 0 aliphatic heterocycles. The van der Waals surface area contributed by atoms with Crippen molar-refractivity contribution < 1.29 is 9.15 Å². The molecule has 0 saturated carbocycles. The van der Waals surface area contributed by atoms with E-state index < -0.39 is 0 Å². The van der Waals surface area contributed by atoms with E-state index in [9.17, 15) is 4.79 Å². The minimum atomic E-state index is -0.323. The molecule has 0 fully saturated rings. The van der Waals surface area contributed by atoms with Gasteiger partial charge in [-0.1, -0.05) is 23.8 Å². The van der Waals surface area contributed by atoms with Crippen molar-refractivity contribution in [3.05, 3.63) is 76.1 Å². The first-order chi connectivity index (χ1) is 11.2. The monoisotopic (exact) mass is 309 g/mol. The minimum absolute atomic E-state index is 0.323. The molecule has 3 aromatic rings. The average Bonchev–Trinajstić information content (AvgIpc) is 2.56. The number of benzene rings is 2. The third-order valence-electron chi connectivity index (χ3n) is 3.58. The van der Waals surface area contributed by atoms with E-state index in [1.54, 1.807) is 6.07 Å². The number of hydrogen-bond acceptors (Lipinski definition) is 4. The number of ether oxygens (including phenoxy) is 1. The first-order valence-corrected chi connectivity index (χ1v) is 7.64. The van der Waals surface area contributed by atoms with Gasteiger partial charge in [-0.3, -0.25) is 0 Å². The van der Waals surface area contributed by atoms with Gasteiger partial charge < -0.3 is 14.5 Å². The summed E-state index contributed by atoms with van der Waals surface area (Å²) >= 11 is 0. The van der Waals surface area contributed by atoms with Gasteiger partial charge in [-0.2, -0.15) is 0 Å². The van der Waals surface area contributed by atoms with Crippen molar-refractivity contribution >= 4 is 11.0 Å². The highest BCUT2D eigenvalue weighted by Gasteiger charge is 1.99. The Balaban J connectivity index is 1.48. The van der Waals surface area contributed by atoms with E-state index in [-0.39, 0.29) is 5.63 Å². The second-order valence-corrected chi connectivity index (χ2v) is 5.46. The number of rotatable bonds is 6. The molecule has 0 bridgehead atoms. The third kappa shape index (κ3) is 4.20. The Morgan fingerprint density at radius 3 is 2.70 bits per heavy atom. The van der Waals surface area contributed by atoms with E-state index in [0.29, 0.717) is 12.2 Å². The van der Waals surface area contributed by atoms with Crippen molar-refractivity contribution in [3.63, 3.8) is 0 Å². The highest BCUT2D eigenvalue weighted by atomic mass is 16.5. The van der Waals surface area contributed by atoms with Crippen LogP contribution in [-0.2, 0) is 6.54 Å². The van der Waals surface area contributed by atoms with Gasteiger partial charge in [0.15, 0.2) is 0 Å². The summed E-state index contributed by atoms with van der Waals surface area (Å²) < 4.78 is 10.8. The van der Waals surface area contributed by atoms with Gasteiger partial charge in [0.2, 0.25) is 0 Å². The van der Waals surface area contributed by atoms with Crippen LogP contribution in [0.1, 0.15) is 11.1 Å². The Bertz CT molecular complexity index is 837. The molecule has 1 heterocycles. The van der Waals surface area contributed by atoms with Gasteiger partial charge in [0.1, 0.15) is 17.9 Å². The predicted molar refractivity (Wildman–Crippen MR) is 90.9 cm³/mol. The normalized spacial score (nSPS) is 10.8. The minimum Gasteiger partial charge on any atom is -0.492 e. The van der Waals surface area contributed by atoms with Crippen LogP contribution in [-0.4, -0.2) is 13.2 Å². The molecule has 0 atom stereocenters. The van der Waals surface area contributed by atoms with E-state index in [4.69, 9.17) is 9.15 Å². The maximum atomic E-state index is 11.2. The van der Waals surface area contributed by atoms with Gasteiger partial charge in [-0.15, -0.1) is 0 Å². The van der Waals surface area contributed by atoms with E-state index in [2.05, 4.69) is 12.2 Å². The molecule has 2 aromatic carbocycles. The summed E-state index contributed by atoms with van der Waals surface area (Å²) in [5.74, 6) is 0.887. The fourth-order valence-corrected chi connectivity index (χ4v) is 2.34. The van der Waals surface area contributed by atoms with Gasteiger partial charge in [0.25, 0.3) is 0 Å². The maximum Gasteiger partial charge on any atom is 0.336 e. The molecule has 0 amide bonds. The molecular weight excluding hydrogens is 290 g/mol. The molecule has 23 heavy (non-hydrogen) atoms. The zero-order valence-electron chi connectivity index (χ0n) is 13.0. The maximum absolute atomic E-state index is 11.2. The lowest BCUT2D eigenvalue weighted by Gasteiger charge is -2.08. The molecule has 0 spiro atoms. The van der Waals surface area contributed by atoms with Crippen LogP contribution in [0, 0.1) is 6.92 Å². The van der Waals surface area contributed by atoms with Crippen molar-refractivity contribution in [2.75, 3.05) is 13.2 Å². The third-order valence-corrected chi connectivity index (χ3v) is 3.58. The van der Waals surface area contributed by atoms with E-state index in [1.807, 2.05) is 42.5 Å². The molecule has 0 aliphatic rings. The zero-order valence-corrected chi connectivity index (χ0v) is 13.0. The Morgan fingerprint density at radius 1 is 1.04 bits per heavy atom. The second-order valence-electron chi connectivity index (χ2n) is 5.46. The van der Waals surface area contributed by atoms with Gasteiger partial charge >= 0.3 is 5.63 Å². The number of aryl methyl sites for hydroxylation is 1.